The van der Waals surface area contributed by atoms with E-state index in [2.05, 4.69) is 53.9 Å². The monoisotopic (exact) mass is 375 g/mol. The van der Waals surface area contributed by atoms with Crippen LogP contribution in [0.25, 0.3) is 0 Å². The third kappa shape index (κ3) is 4.07. The minimum atomic E-state index is 0.175. The van der Waals surface area contributed by atoms with Crippen LogP contribution >= 0.6 is 22.6 Å². The number of rotatable bonds is 7. The van der Waals surface area contributed by atoms with Gasteiger partial charge in [0.2, 0.25) is 0 Å². The molecule has 0 amide bonds. The van der Waals surface area contributed by atoms with Crippen LogP contribution in [-0.4, -0.2) is 31.4 Å². The Labute approximate surface area is 129 Å². The predicted octanol–water partition coefficient (Wildman–Crippen LogP) is 3.22. The topological polar surface area (TPSA) is 30.5 Å². The van der Waals surface area contributed by atoms with Gasteiger partial charge in [-0.15, -0.1) is 0 Å². The van der Waals surface area contributed by atoms with Crippen molar-refractivity contribution >= 4 is 22.6 Å². The van der Waals surface area contributed by atoms with Gasteiger partial charge in [0.15, 0.2) is 0 Å². The molecule has 3 nitrogen and oxygen atoms in total. The molecule has 1 aromatic rings. The number of hydrogen-bond donors (Lipinski definition) is 1. The minimum Gasteiger partial charge on any atom is -0.488 e. The van der Waals surface area contributed by atoms with Gasteiger partial charge in [-0.3, -0.25) is 0 Å². The van der Waals surface area contributed by atoms with Gasteiger partial charge in [0.25, 0.3) is 0 Å². The summed E-state index contributed by atoms with van der Waals surface area (Å²) in [6, 6.07) is 8.61. The van der Waals surface area contributed by atoms with Crippen LogP contribution in [0.5, 0.6) is 5.75 Å². The molecule has 2 rings (SSSR count). The van der Waals surface area contributed by atoms with Gasteiger partial charge in [-0.2, -0.15) is 0 Å². The molecule has 106 valence electrons. The Morgan fingerprint density at radius 1 is 1.37 bits per heavy atom. The molecule has 1 fully saturated rings. The van der Waals surface area contributed by atoms with Crippen molar-refractivity contribution in [3.63, 3.8) is 0 Å². The molecule has 1 aliphatic rings. The van der Waals surface area contributed by atoms with Crippen molar-refractivity contribution in [2.24, 2.45) is 0 Å². The van der Waals surface area contributed by atoms with Crippen LogP contribution < -0.4 is 10.1 Å². The zero-order chi connectivity index (χ0) is 13.7. The molecule has 4 heteroatoms. The first-order chi connectivity index (χ1) is 9.24. The molecule has 3 atom stereocenters. The highest BCUT2D eigenvalue weighted by molar-refractivity contribution is 14.1. The van der Waals surface area contributed by atoms with E-state index in [0.717, 1.165) is 31.7 Å². The maximum absolute atomic E-state index is 6.05. The summed E-state index contributed by atoms with van der Waals surface area (Å²) in [5, 5.41) is 3.46. The summed E-state index contributed by atoms with van der Waals surface area (Å²) < 4.78 is 13.2. The third-order valence-corrected chi connectivity index (χ3v) is 3.98. The minimum absolute atomic E-state index is 0.175. The first kappa shape index (κ1) is 15.1. The zero-order valence-corrected chi connectivity index (χ0v) is 13.7. The van der Waals surface area contributed by atoms with E-state index in [9.17, 15) is 0 Å². The number of halogens is 1. The molecule has 1 aromatic carbocycles. The van der Waals surface area contributed by atoms with Crippen molar-refractivity contribution in [3.8, 4) is 5.75 Å². The molecular formula is C15H22INO2. The van der Waals surface area contributed by atoms with Gasteiger partial charge in [-0.25, -0.2) is 0 Å². The maximum atomic E-state index is 6.05. The smallest absolute Gasteiger partial charge is 0.128 e. The second-order valence-electron chi connectivity index (χ2n) is 4.85. The van der Waals surface area contributed by atoms with Crippen molar-refractivity contribution in [1.82, 2.24) is 5.32 Å². The van der Waals surface area contributed by atoms with Crippen LogP contribution in [0.15, 0.2) is 24.3 Å². The van der Waals surface area contributed by atoms with Crippen molar-refractivity contribution in [1.29, 1.82) is 0 Å². The highest BCUT2D eigenvalue weighted by Gasteiger charge is 2.43. The van der Waals surface area contributed by atoms with Crippen LogP contribution in [0.1, 0.15) is 26.7 Å². The zero-order valence-electron chi connectivity index (χ0n) is 11.6. The molecule has 1 N–H and O–H groups in total. The molecule has 0 spiro atoms. The Balaban J connectivity index is 1.92. The number of likely N-dealkylation sites (N-methyl/N-ethyl adjacent to an activating group) is 1. The second kappa shape index (κ2) is 7.45. The molecule has 0 radical (unpaired) electrons. The van der Waals surface area contributed by atoms with Crippen molar-refractivity contribution < 1.29 is 9.47 Å². The first-order valence-corrected chi connectivity index (χ1v) is 8.09. The lowest BCUT2D eigenvalue weighted by Gasteiger charge is -2.44. The molecule has 1 aliphatic carbocycles. The molecule has 0 aliphatic heterocycles. The van der Waals surface area contributed by atoms with Gasteiger partial charge >= 0.3 is 0 Å². The molecule has 0 bridgehead atoms. The van der Waals surface area contributed by atoms with E-state index in [1.165, 1.54) is 3.57 Å². The lowest BCUT2D eigenvalue weighted by Crippen LogP contribution is -2.61. The summed E-state index contributed by atoms with van der Waals surface area (Å²) in [6.45, 7) is 6.05. The first-order valence-electron chi connectivity index (χ1n) is 7.01. The molecule has 0 heterocycles. The average Bonchev–Trinajstić information content (AvgIpc) is 2.38. The standard InChI is InChI=1S/C15H22INO2/c1-3-8-18-15-13(17-4-2)10-14(15)19-12-7-5-6-11(16)9-12/h5-7,9,13-15,17H,3-4,8,10H2,1-2H3. The summed E-state index contributed by atoms with van der Waals surface area (Å²) >= 11 is 2.30. The van der Waals surface area contributed by atoms with E-state index in [1.54, 1.807) is 0 Å². The lowest BCUT2D eigenvalue weighted by molar-refractivity contribution is -0.107. The van der Waals surface area contributed by atoms with Crippen LogP contribution in [0.2, 0.25) is 0 Å². The quantitative estimate of drug-likeness (QED) is 0.743. The van der Waals surface area contributed by atoms with Crippen molar-refractivity contribution in [2.75, 3.05) is 13.2 Å². The van der Waals surface area contributed by atoms with E-state index < -0.39 is 0 Å². The van der Waals surface area contributed by atoms with Crippen LogP contribution in [0.4, 0.5) is 0 Å². The Kier molecular flexibility index (Phi) is 5.91. The van der Waals surface area contributed by atoms with Gasteiger partial charge < -0.3 is 14.8 Å². The number of nitrogens with one attached hydrogen (secondary N) is 1. The van der Waals surface area contributed by atoms with Crippen molar-refractivity contribution in [2.45, 2.75) is 44.9 Å². The molecular weight excluding hydrogens is 353 g/mol. The van der Waals surface area contributed by atoms with Gasteiger partial charge in [-0.05, 0) is 53.8 Å². The fourth-order valence-electron chi connectivity index (χ4n) is 2.35. The molecule has 0 aromatic heterocycles. The van der Waals surface area contributed by atoms with Crippen LogP contribution in [0, 0.1) is 3.57 Å². The summed E-state index contributed by atoms with van der Waals surface area (Å²) in [5.74, 6) is 0.942. The Bertz CT molecular complexity index is 399. The molecule has 3 unspecified atom stereocenters. The Morgan fingerprint density at radius 3 is 2.89 bits per heavy atom. The van der Waals surface area contributed by atoms with Crippen LogP contribution in [-0.2, 0) is 4.74 Å². The highest BCUT2D eigenvalue weighted by Crippen LogP contribution is 2.29. The van der Waals surface area contributed by atoms with E-state index in [-0.39, 0.29) is 12.2 Å². The van der Waals surface area contributed by atoms with Crippen molar-refractivity contribution in [3.05, 3.63) is 27.8 Å². The lowest BCUT2D eigenvalue weighted by atomic mass is 9.85. The predicted molar refractivity (Wildman–Crippen MR) is 85.7 cm³/mol. The normalized spacial score (nSPS) is 25.9. The van der Waals surface area contributed by atoms with E-state index in [4.69, 9.17) is 9.47 Å². The summed E-state index contributed by atoms with van der Waals surface area (Å²) in [7, 11) is 0. The number of benzene rings is 1. The summed E-state index contributed by atoms with van der Waals surface area (Å²) in [6.07, 6.45) is 2.42. The van der Waals surface area contributed by atoms with Crippen LogP contribution in [0.3, 0.4) is 0 Å². The number of hydrogen-bond acceptors (Lipinski definition) is 3. The largest absolute Gasteiger partial charge is 0.488 e. The molecule has 19 heavy (non-hydrogen) atoms. The molecule has 1 saturated carbocycles. The van der Waals surface area contributed by atoms with Gasteiger partial charge in [0.1, 0.15) is 18.0 Å². The summed E-state index contributed by atoms with van der Waals surface area (Å²) in [5.41, 5.74) is 0. The summed E-state index contributed by atoms with van der Waals surface area (Å²) in [4.78, 5) is 0. The Hall–Kier alpha value is -0.330. The maximum Gasteiger partial charge on any atom is 0.128 e. The third-order valence-electron chi connectivity index (χ3n) is 3.31. The Morgan fingerprint density at radius 2 is 2.21 bits per heavy atom. The van der Waals surface area contributed by atoms with E-state index >= 15 is 0 Å². The second-order valence-corrected chi connectivity index (χ2v) is 6.09. The van der Waals surface area contributed by atoms with Gasteiger partial charge in [0.05, 0.1) is 0 Å². The SMILES string of the molecule is CCCOC1C(NCC)CC1Oc1cccc(I)c1. The van der Waals surface area contributed by atoms with Gasteiger partial charge in [-0.1, -0.05) is 19.9 Å². The van der Waals surface area contributed by atoms with Gasteiger partial charge in [0, 0.05) is 22.6 Å². The number of ether oxygens (including phenoxy) is 2. The fourth-order valence-corrected chi connectivity index (χ4v) is 2.87. The van der Waals surface area contributed by atoms with E-state index in [0.29, 0.717) is 6.04 Å². The highest BCUT2D eigenvalue weighted by atomic mass is 127. The molecule has 0 saturated heterocycles. The fraction of sp³-hybridized carbons (Fsp3) is 0.600. The van der Waals surface area contributed by atoms with E-state index in [1.807, 2.05) is 12.1 Å². The average molecular weight is 375 g/mol.